The van der Waals surface area contributed by atoms with Crippen LogP contribution < -0.4 is 16.6 Å². The Bertz CT molecular complexity index is 429. The van der Waals surface area contributed by atoms with Gasteiger partial charge in [-0.3, -0.25) is 0 Å². The van der Waals surface area contributed by atoms with Crippen LogP contribution in [0.3, 0.4) is 0 Å². The first-order valence-electron chi connectivity index (χ1n) is 8.28. The Hall–Kier alpha value is -1.36. The Kier molecular flexibility index (Phi) is 6.23. The second-order valence-corrected chi connectivity index (χ2v) is 6.44. The molecule has 0 bridgehead atoms. The van der Waals surface area contributed by atoms with E-state index in [0.717, 1.165) is 24.1 Å². The third kappa shape index (κ3) is 5.87. The summed E-state index contributed by atoms with van der Waals surface area (Å²) in [5.41, 5.74) is 2.63. The molecule has 1 aliphatic rings. The fourth-order valence-electron chi connectivity index (χ4n) is 2.40. The zero-order valence-electron chi connectivity index (χ0n) is 13.4. The second kappa shape index (κ2) is 8.17. The second-order valence-electron chi connectivity index (χ2n) is 6.44. The van der Waals surface area contributed by atoms with Crippen LogP contribution in [0.4, 0.5) is 11.6 Å². The quantitative estimate of drug-likeness (QED) is 0.348. The summed E-state index contributed by atoms with van der Waals surface area (Å²) in [5.74, 6) is 9.35. The zero-order chi connectivity index (χ0) is 15.1. The highest BCUT2D eigenvalue weighted by molar-refractivity contribution is 5.47. The van der Waals surface area contributed by atoms with Crippen molar-refractivity contribution >= 4 is 11.6 Å². The van der Waals surface area contributed by atoms with Crippen LogP contribution in [0.2, 0.25) is 0 Å². The Labute approximate surface area is 128 Å². The van der Waals surface area contributed by atoms with Gasteiger partial charge in [-0.2, -0.15) is 0 Å². The van der Waals surface area contributed by atoms with Crippen LogP contribution in [-0.2, 0) is 0 Å². The number of nitrogens with one attached hydrogen (secondary N) is 2. The molecular formula is C16H29N5. The molecule has 2 rings (SSSR count). The summed E-state index contributed by atoms with van der Waals surface area (Å²) in [6.07, 6.45) is 8.88. The number of rotatable bonds is 10. The smallest absolute Gasteiger partial charge is 0.145 e. The highest BCUT2D eigenvalue weighted by Gasteiger charge is 2.27. The maximum atomic E-state index is 5.47. The van der Waals surface area contributed by atoms with Gasteiger partial charge in [-0.1, -0.05) is 39.5 Å². The largest absolute Gasteiger partial charge is 0.370 e. The van der Waals surface area contributed by atoms with E-state index in [-0.39, 0.29) is 0 Å². The lowest BCUT2D eigenvalue weighted by atomic mass is 10.0. The Morgan fingerprint density at radius 1 is 1.14 bits per heavy atom. The first kappa shape index (κ1) is 16.0. The molecule has 118 valence electrons. The highest BCUT2D eigenvalue weighted by Crippen LogP contribution is 2.38. The van der Waals surface area contributed by atoms with E-state index < -0.39 is 0 Å². The number of hydrogen-bond donors (Lipinski definition) is 3. The maximum Gasteiger partial charge on any atom is 0.145 e. The molecular weight excluding hydrogens is 262 g/mol. The highest BCUT2D eigenvalue weighted by atomic mass is 15.3. The molecule has 1 aromatic rings. The number of unbranched alkanes of at least 4 members (excludes halogenated alkanes) is 3. The van der Waals surface area contributed by atoms with E-state index >= 15 is 0 Å². The summed E-state index contributed by atoms with van der Waals surface area (Å²) in [7, 11) is 0. The molecule has 21 heavy (non-hydrogen) atoms. The van der Waals surface area contributed by atoms with Crippen LogP contribution in [-0.4, -0.2) is 16.5 Å². The molecule has 1 saturated carbocycles. The van der Waals surface area contributed by atoms with Crippen molar-refractivity contribution in [3.8, 4) is 0 Å². The first-order valence-corrected chi connectivity index (χ1v) is 8.28. The van der Waals surface area contributed by atoms with Gasteiger partial charge in [0.1, 0.15) is 17.5 Å². The van der Waals surface area contributed by atoms with E-state index in [2.05, 4.69) is 34.6 Å². The van der Waals surface area contributed by atoms with E-state index in [1.54, 1.807) is 0 Å². The maximum absolute atomic E-state index is 5.47. The number of nitrogens with zero attached hydrogens (tertiary/aromatic N) is 2. The minimum atomic E-state index is 0.537. The van der Waals surface area contributed by atoms with Crippen LogP contribution in [0.15, 0.2) is 6.07 Å². The lowest BCUT2D eigenvalue weighted by molar-refractivity contribution is 0.523. The fraction of sp³-hybridized carbons (Fsp3) is 0.750. The molecule has 0 aliphatic heterocycles. The van der Waals surface area contributed by atoms with Gasteiger partial charge in [0.15, 0.2) is 0 Å². The van der Waals surface area contributed by atoms with Crippen molar-refractivity contribution in [2.24, 2.45) is 11.8 Å². The van der Waals surface area contributed by atoms with Crippen molar-refractivity contribution in [3.05, 3.63) is 11.9 Å². The normalized spacial score (nSPS) is 14.5. The Morgan fingerprint density at radius 2 is 1.86 bits per heavy atom. The molecule has 0 atom stereocenters. The fourth-order valence-corrected chi connectivity index (χ4v) is 2.40. The number of hydrogen-bond acceptors (Lipinski definition) is 5. The van der Waals surface area contributed by atoms with Crippen LogP contribution in [0.5, 0.6) is 0 Å². The van der Waals surface area contributed by atoms with Gasteiger partial charge in [-0.15, -0.1) is 0 Å². The predicted molar refractivity (Wildman–Crippen MR) is 88.2 cm³/mol. The molecule has 0 amide bonds. The molecule has 5 heteroatoms. The molecule has 1 fully saturated rings. The first-order chi connectivity index (χ1) is 10.2. The van der Waals surface area contributed by atoms with Crippen LogP contribution >= 0.6 is 0 Å². The van der Waals surface area contributed by atoms with Crippen molar-refractivity contribution in [1.82, 2.24) is 9.97 Å². The summed E-state index contributed by atoms with van der Waals surface area (Å²) in [6.45, 7) is 5.54. The van der Waals surface area contributed by atoms with Crippen LogP contribution in [0.25, 0.3) is 0 Å². The minimum absolute atomic E-state index is 0.537. The topological polar surface area (TPSA) is 75.9 Å². The van der Waals surface area contributed by atoms with Crippen LogP contribution in [0.1, 0.15) is 70.5 Å². The molecule has 0 spiro atoms. The predicted octanol–water partition coefficient (Wildman–Crippen LogP) is 3.66. The Morgan fingerprint density at radius 3 is 2.52 bits per heavy atom. The molecule has 0 saturated heterocycles. The summed E-state index contributed by atoms with van der Waals surface area (Å²) >= 11 is 0. The van der Waals surface area contributed by atoms with Crippen molar-refractivity contribution in [2.75, 3.05) is 17.3 Å². The number of anilines is 2. The van der Waals surface area contributed by atoms with E-state index in [0.29, 0.717) is 11.7 Å². The molecule has 1 aliphatic carbocycles. The van der Waals surface area contributed by atoms with Gasteiger partial charge in [0.25, 0.3) is 0 Å². The zero-order valence-corrected chi connectivity index (χ0v) is 13.4. The average Bonchev–Trinajstić information content (AvgIpc) is 3.30. The lowest BCUT2D eigenvalue weighted by Crippen LogP contribution is -2.12. The summed E-state index contributed by atoms with van der Waals surface area (Å²) < 4.78 is 0. The lowest BCUT2D eigenvalue weighted by Gasteiger charge is -2.09. The van der Waals surface area contributed by atoms with E-state index in [1.165, 1.54) is 44.9 Å². The molecule has 1 aromatic heterocycles. The van der Waals surface area contributed by atoms with Gasteiger partial charge in [-0.05, 0) is 25.2 Å². The van der Waals surface area contributed by atoms with E-state index in [4.69, 9.17) is 5.84 Å². The molecule has 4 N–H and O–H groups in total. The van der Waals surface area contributed by atoms with E-state index in [9.17, 15) is 0 Å². The van der Waals surface area contributed by atoms with Crippen LogP contribution in [0, 0.1) is 5.92 Å². The standard InChI is InChI=1S/C16H29N5/c1-12(2)7-5-3-4-6-10-18-14-11-15(21-17)20-16(19-14)13-8-9-13/h11-13H,3-10,17H2,1-2H3,(H2,18,19,20,21). The number of nitrogen functional groups attached to an aromatic ring is 1. The molecule has 0 unspecified atom stereocenters. The van der Waals surface area contributed by atoms with Crippen molar-refractivity contribution in [2.45, 2.75) is 64.7 Å². The van der Waals surface area contributed by atoms with Gasteiger partial charge in [0.2, 0.25) is 0 Å². The third-order valence-corrected chi connectivity index (χ3v) is 3.85. The molecule has 1 heterocycles. The summed E-state index contributed by atoms with van der Waals surface area (Å²) in [5, 5.41) is 3.40. The number of aromatic nitrogens is 2. The van der Waals surface area contributed by atoms with Gasteiger partial charge >= 0.3 is 0 Å². The van der Waals surface area contributed by atoms with Gasteiger partial charge in [0, 0.05) is 18.5 Å². The summed E-state index contributed by atoms with van der Waals surface area (Å²) in [6, 6.07) is 1.88. The minimum Gasteiger partial charge on any atom is -0.370 e. The van der Waals surface area contributed by atoms with Crippen molar-refractivity contribution in [3.63, 3.8) is 0 Å². The van der Waals surface area contributed by atoms with Crippen molar-refractivity contribution < 1.29 is 0 Å². The average molecular weight is 291 g/mol. The monoisotopic (exact) mass is 291 g/mol. The SMILES string of the molecule is CC(C)CCCCCCNc1cc(NN)nc(C2CC2)n1. The number of hydrazine groups is 1. The summed E-state index contributed by atoms with van der Waals surface area (Å²) in [4.78, 5) is 8.99. The molecule has 0 aromatic carbocycles. The van der Waals surface area contributed by atoms with E-state index in [1.807, 2.05) is 6.07 Å². The van der Waals surface area contributed by atoms with Gasteiger partial charge in [0.05, 0.1) is 0 Å². The third-order valence-electron chi connectivity index (χ3n) is 3.85. The molecule has 5 nitrogen and oxygen atoms in total. The van der Waals surface area contributed by atoms with Gasteiger partial charge < -0.3 is 10.7 Å². The molecule has 0 radical (unpaired) electrons. The van der Waals surface area contributed by atoms with Gasteiger partial charge in [-0.25, -0.2) is 15.8 Å². The Balaban J connectivity index is 1.69. The number of nitrogens with two attached hydrogens (primary N) is 1. The van der Waals surface area contributed by atoms with Crippen molar-refractivity contribution in [1.29, 1.82) is 0 Å².